The molecule has 2 aliphatic carbocycles. The van der Waals surface area contributed by atoms with E-state index >= 15 is 0 Å². The summed E-state index contributed by atoms with van der Waals surface area (Å²) < 4.78 is 5.33. The van der Waals surface area contributed by atoms with Gasteiger partial charge < -0.3 is 15.5 Å². The molecule has 0 saturated heterocycles. The number of aromatic nitrogens is 1. The van der Waals surface area contributed by atoms with E-state index < -0.39 is 0 Å². The second kappa shape index (κ2) is 4.39. The molecule has 3 rings (SSSR count). The molecule has 1 aromatic rings. The zero-order valence-electron chi connectivity index (χ0n) is 10.6. The monoisotopic (exact) mass is 249 g/mol. The van der Waals surface area contributed by atoms with Gasteiger partial charge >= 0.3 is 0 Å². The van der Waals surface area contributed by atoms with Crippen LogP contribution in [0.5, 0.6) is 0 Å². The van der Waals surface area contributed by atoms with Crippen molar-refractivity contribution in [2.75, 3.05) is 0 Å². The summed E-state index contributed by atoms with van der Waals surface area (Å²) in [5.74, 6) is 2.39. The van der Waals surface area contributed by atoms with Crippen LogP contribution < -0.4 is 11.1 Å². The predicted molar refractivity (Wildman–Crippen MR) is 65.4 cm³/mol. The van der Waals surface area contributed by atoms with Crippen molar-refractivity contribution in [1.82, 2.24) is 10.3 Å². The SMILES string of the molecule is Cc1cnc(CNC(=O)C2C3CCC(C3)C2N)o1. The Balaban J connectivity index is 1.59. The molecular formula is C13H19N3O2. The maximum atomic E-state index is 12.2. The molecule has 1 heterocycles. The summed E-state index contributed by atoms with van der Waals surface area (Å²) in [6, 6.07) is 0.0371. The number of aryl methyl sites for hydroxylation is 1. The fourth-order valence-electron chi connectivity index (χ4n) is 3.49. The Bertz CT molecular complexity index is 455. The largest absolute Gasteiger partial charge is 0.444 e. The summed E-state index contributed by atoms with van der Waals surface area (Å²) in [5, 5.41) is 2.89. The molecule has 5 heteroatoms. The summed E-state index contributed by atoms with van der Waals surface area (Å²) in [7, 11) is 0. The van der Waals surface area contributed by atoms with Gasteiger partial charge in [0.2, 0.25) is 11.8 Å². The number of hydrogen-bond acceptors (Lipinski definition) is 4. The van der Waals surface area contributed by atoms with Crippen LogP contribution in [-0.4, -0.2) is 16.9 Å². The van der Waals surface area contributed by atoms with Crippen LogP contribution in [0.3, 0.4) is 0 Å². The zero-order valence-corrected chi connectivity index (χ0v) is 10.6. The molecule has 0 spiro atoms. The topological polar surface area (TPSA) is 81.2 Å². The van der Waals surface area contributed by atoms with Gasteiger partial charge in [-0.15, -0.1) is 0 Å². The molecule has 4 unspecified atom stereocenters. The molecule has 0 aromatic carbocycles. The molecule has 3 N–H and O–H groups in total. The molecule has 2 saturated carbocycles. The van der Waals surface area contributed by atoms with E-state index in [0.717, 1.165) is 18.6 Å². The van der Waals surface area contributed by atoms with Crippen molar-refractivity contribution in [3.05, 3.63) is 17.8 Å². The molecule has 2 fully saturated rings. The highest BCUT2D eigenvalue weighted by Gasteiger charge is 2.48. The highest BCUT2D eigenvalue weighted by atomic mass is 16.4. The molecule has 0 aliphatic heterocycles. The Morgan fingerprint density at radius 2 is 2.33 bits per heavy atom. The van der Waals surface area contributed by atoms with E-state index in [1.165, 1.54) is 6.42 Å². The molecule has 4 atom stereocenters. The van der Waals surface area contributed by atoms with E-state index in [0.29, 0.717) is 24.3 Å². The maximum absolute atomic E-state index is 12.2. The number of carbonyl (C=O) groups is 1. The van der Waals surface area contributed by atoms with Gasteiger partial charge in [0.25, 0.3) is 0 Å². The number of carbonyl (C=O) groups excluding carboxylic acids is 1. The molecular weight excluding hydrogens is 230 g/mol. The zero-order chi connectivity index (χ0) is 12.7. The quantitative estimate of drug-likeness (QED) is 0.836. The third-order valence-corrected chi connectivity index (χ3v) is 4.37. The lowest BCUT2D eigenvalue weighted by Gasteiger charge is -2.26. The summed E-state index contributed by atoms with van der Waals surface area (Å²) in [5.41, 5.74) is 6.14. The Kier molecular flexibility index (Phi) is 2.86. The van der Waals surface area contributed by atoms with E-state index in [1.54, 1.807) is 6.20 Å². The molecule has 1 aromatic heterocycles. The molecule has 0 radical (unpaired) electrons. The Hall–Kier alpha value is -1.36. The molecule has 98 valence electrons. The first-order valence-electron chi connectivity index (χ1n) is 6.59. The first kappa shape index (κ1) is 11.7. The van der Waals surface area contributed by atoms with Crippen LogP contribution in [0.2, 0.25) is 0 Å². The van der Waals surface area contributed by atoms with Crippen LogP contribution in [0.25, 0.3) is 0 Å². The Labute approximate surface area is 106 Å². The number of nitrogens with zero attached hydrogens (tertiary/aromatic N) is 1. The standard InChI is InChI=1S/C13H19N3O2/c1-7-5-15-10(18-7)6-16-13(17)11-8-2-3-9(4-8)12(11)14/h5,8-9,11-12H,2-4,6,14H2,1H3,(H,16,17). The average Bonchev–Trinajstić information content (AvgIpc) is 3.02. The van der Waals surface area contributed by atoms with Crippen LogP contribution >= 0.6 is 0 Å². The van der Waals surface area contributed by atoms with Gasteiger partial charge in [-0.2, -0.15) is 0 Å². The van der Waals surface area contributed by atoms with Gasteiger partial charge in [-0.3, -0.25) is 4.79 Å². The molecule has 2 aliphatic rings. The van der Waals surface area contributed by atoms with Gasteiger partial charge in [0.05, 0.1) is 18.7 Å². The van der Waals surface area contributed by atoms with Gasteiger partial charge in [-0.05, 0) is 38.0 Å². The van der Waals surface area contributed by atoms with Crippen molar-refractivity contribution < 1.29 is 9.21 Å². The lowest BCUT2D eigenvalue weighted by atomic mass is 9.84. The fourth-order valence-corrected chi connectivity index (χ4v) is 3.49. The van der Waals surface area contributed by atoms with Crippen molar-refractivity contribution >= 4 is 5.91 Å². The second-order valence-corrected chi connectivity index (χ2v) is 5.52. The van der Waals surface area contributed by atoms with Crippen molar-refractivity contribution in [2.45, 2.75) is 38.8 Å². The van der Waals surface area contributed by atoms with Crippen molar-refractivity contribution in [1.29, 1.82) is 0 Å². The van der Waals surface area contributed by atoms with Crippen molar-refractivity contribution in [3.63, 3.8) is 0 Å². The van der Waals surface area contributed by atoms with Crippen LogP contribution in [-0.2, 0) is 11.3 Å². The minimum atomic E-state index is -0.0141. The molecule has 5 nitrogen and oxygen atoms in total. The summed E-state index contributed by atoms with van der Waals surface area (Å²) in [6.45, 7) is 2.19. The minimum absolute atomic E-state index is 0.0141. The van der Waals surface area contributed by atoms with Gasteiger partial charge in [0.1, 0.15) is 5.76 Å². The third-order valence-electron chi connectivity index (χ3n) is 4.37. The van der Waals surface area contributed by atoms with E-state index in [-0.39, 0.29) is 17.9 Å². The lowest BCUT2D eigenvalue weighted by molar-refractivity contribution is -0.127. The Morgan fingerprint density at radius 3 is 2.94 bits per heavy atom. The van der Waals surface area contributed by atoms with E-state index in [1.807, 2.05) is 6.92 Å². The van der Waals surface area contributed by atoms with Crippen LogP contribution in [0.15, 0.2) is 10.6 Å². The highest BCUT2D eigenvalue weighted by molar-refractivity contribution is 5.80. The predicted octanol–water partition coefficient (Wildman–Crippen LogP) is 0.973. The first-order chi connectivity index (χ1) is 8.65. The third kappa shape index (κ3) is 1.92. The highest BCUT2D eigenvalue weighted by Crippen LogP contribution is 2.47. The molecule has 1 amide bonds. The van der Waals surface area contributed by atoms with Gasteiger partial charge in [0.15, 0.2) is 0 Å². The number of fused-ring (bicyclic) bond motifs is 2. The number of amides is 1. The van der Waals surface area contributed by atoms with Gasteiger partial charge in [0, 0.05) is 6.04 Å². The van der Waals surface area contributed by atoms with Crippen LogP contribution in [0, 0.1) is 24.7 Å². The van der Waals surface area contributed by atoms with E-state index in [2.05, 4.69) is 10.3 Å². The van der Waals surface area contributed by atoms with Crippen LogP contribution in [0.1, 0.15) is 30.9 Å². The van der Waals surface area contributed by atoms with Gasteiger partial charge in [-0.25, -0.2) is 4.98 Å². The number of hydrogen-bond donors (Lipinski definition) is 2. The summed E-state index contributed by atoms with van der Waals surface area (Å²) >= 11 is 0. The molecule has 2 bridgehead atoms. The summed E-state index contributed by atoms with van der Waals surface area (Å²) in [6.07, 6.45) is 5.12. The number of rotatable bonds is 3. The maximum Gasteiger partial charge on any atom is 0.225 e. The van der Waals surface area contributed by atoms with Gasteiger partial charge in [-0.1, -0.05) is 0 Å². The van der Waals surface area contributed by atoms with E-state index in [9.17, 15) is 4.79 Å². The molecule has 18 heavy (non-hydrogen) atoms. The first-order valence-corrected chi connectivity index (χ1v) is 6.59. The smallest absolute Gasteiger partial charge is 0.225 e. The minimum Gasteiger partial charge on any atom is -0.444 e. The number of oxazole rings is 1. The number of nitrogens with two attached hydrogens (primary N) is 1. The van der Waals surface area contributed by atoms with Crippen molar-refractivity contribution in [3.8, 4) is 0 Å². The normalized spacial score (nSPS) is 33.9. The second-order valence-electron chi connectivity index (χ2n) is 5.52. The Morgan fingerprint density at radius 1 is 1.56 bits per heavy atom. The average molecular weight is 249 g/mol. The summed E-state index contributed by atoms with van der Waals surface area (Å²) in [4.78, 5) is 16.2. The van der Waals surface area contributed by atoms with E-state index in [4.69, 9.17) is 10.2 Å². The van der Waals surface area contributed by atoms with Crippen LogP contribution in [0.4, 0.5) is 0 Å². The fraction of sp³-hybridized carbons (Fsp3) is 0.692. The number of nitrogens with one attached hydrogen (secondary N) is 1. The lowest BCUT2D eigenvalue weighted by Crippen LogP contribution is -2.45. The van der Waals surface area contributed by atoms with Crippen molar-refractivity contribution in [2.24, 2.45) is 23.5 Å².